The second kappa shape index (κ2) is 9.14. The predicted molar refractivity (Wildman–Crippen MR) is 107 cm³/mol. The van der Waals surface area contributed by atoms with Crippen molar-refractivity contribution in [2.45, 2.75) is 12.7 Å². The largest absolute Gasteiger partial charge is 0.493 e. The molecule has 0 aliphatic carbocycles. The fourth-order valence-electron chi connectivity index (χ4n) is 2.31. The Balaban J connectivity index is 2.38. The summed E-state index contributed by atoms with van der Waals surface area (Å²) >= 11 is 11.9. The maximum atomic E-state index is 12.7. The van der Waals surface area contributed by atoms with Crippen LogP contribution in [0.4, 0.5) is 0 Å². The van der Waals surface area contributed by atoms with Crippen molar-refractivity contribution in [2.75, 3.05) is 13.7 Å². The molecule has 2 rings (SSSR count). The number of sulfone groups is 1. The van der Waals surface area contributed by atoms with Gasteiger partial charge in [-0.3, -0.25) is 0 Å². The zero-order valence-corrected chi connectivity index (χ0v) is 17.0. The van der Waals surface area contributed by atoms with E-state index in [2.05, 4.69) is 0 Å². The van der Waals surface area contributed by atoms with E-state index in [1.165, 1.54) is 25.3 Å². The van der Waals surface area contributed by atoms with Gasteiger partial charge in [-0.2, -0.15) is 5.26 Å². The minimum Gasteiger partial charge on any atom is -0.493 e. The van der Waals surface area contributed by atoms with E-state index in [-0.39, 0.29) is 9.93 Å². The minimum absolute atomic E-state index is 0.228. The summed E-state index contributed by atoms with van der Waals surface area (Å²) in [7, 11) is -2.42. The first kappa shape index (κ1) is 21.1. The summed E-state index contributed by atoms with van der Waals surface area (Å²) in [4.78, 5) is -0.375. The molecule has 0 bridgehead atoms. The van der Waals surface area contributed by atoms with Gasteiger partial charge in [0, 0.05) is 10.0 Å². The molecule has 2 aromatic rings. The van der Waals surface area contributed by atoms with E-state index in [9.17, 15) is 13.7 Å². The molecule has 8 heteroatoms. The van der Waals surface area contributed by atoms with Crippen LogP contribution < -0.4 is 9.47 Å². The molecule has 0 N–H and O–H groups in total. The van der Waals surface area contributed by atoms with Gasteiger partial charge in [0.15, 0.2) is 21.3 Å². The summed E-state index contributed by atoms with van der Waals surface area (Å²) in [6.45, 7) is 2.31. The summed E-state index contributed by atoms with van der Waals surface area (Å²) in [5, 5.41) is 10.0. The first-order chi connectivity index (χ1) is 12.8. The molecule has 0 unspecified atom stereocenters. The van der Waals surface area contributed by atoms with E-state index in [4.69, 9.17) is 32.7 Å². The van der Waals surface area contributed by atoms with Crippen LogP contribution in [0.3, 0.4) is 0 Å². The molecular weight excluding hydrogens is 409 g/mol. The fourth-order valence-corrected chi connectivity index (χ4v) is 4.14. The van der Waals surface area contributed by atoms with Gasteiger partial charge in [0.25, 0.3) is 0 Å². The standard InChI is InChI=1S/C19H17Cl2NO4S/c1-3-26-18-7-4-13(9-19(18)25-2)8-16(11-22)27(23,24)12-14-5-6-15(20)10-17(14)21/h4-10H,3,12H2,1-2H3/b16-8+. The number of ether oxygens (including phenoxy) is 2. The fraction of sp³-hybridized carbons (Fsp3) is 0.211. The van der Waals surface area contributed by atoms with Crippen molar-refractivity contribution in [3.05, 3.63) is 62.5 Å². The Morgan fingerprint density at radius 1 is 1.19 bits per heavy atom. The molecule has 0 heterocycles. The quantitative estimate of drug-likeness (QED) is 0.590. The normalized spacial score (nSPS) is 11.7. The molecule has 0 aliphatic rings. The van der Waals surface area contributed by atoms with E-state index in [0.717, 1.165) is 0 Å². The Labute approximate surface area is 168 Å². The molecule has 0 atom stereocenters. The molecule has 0 fully saturated rings. The highest BCUT2D eigenvalue weighted by atomic mass is 35.5. The Morgan fingerprint density at radius 3 is 2.52 bits per heavy atom. The van der Waals surface area contributed by atoms with Gasteiger partial charge in [-0.05, 0) is 48.4 Å². The van der Waals surface area contributed by atoms with Crippen LogP contribution in [0.2, 0.25) is 10.0 Å². The topological polar surface area (TPSA) is 76.4 Å². The van der Waals surface area contributed by atoms with Crippen LogP contribution in [0.1, 0.15) is 18.1 Å². The lowest BCUT2D eigenvalue weighted by Gasteiger charge is -2.10. The van der Waals surface area contributed by atoms with Gasteiger partial charge < -0.3 is 9.47 Å². The number of allylic oxidation sites excluding steroid dienone is 1. The molecule has 0 aliphatic heterocycles. The maximum Gasteiger partial charge on any atom is 0.192 e. The Morgan fingerprint density at radius 2 is 1.93 bits per heavy atom. The number of benzene rings is 2. The predicted octanol–water partition coefficient (Wildman–Crippen LogP) is 4.88. The number of rotatable bonds is 7. The van der Waals surface area contributed by atoms with E-state index in [0.29, 0.717) is 34.3 Å². The van der Waals surface area contributed by atoms with Crippen LogP contribution in [0.15, 0.2) is 41.3 Å². The molecule has 2 aromatic carbocycles. The van der Waals surface area contributed by atoms with Crippen molar-refractivity contribution in [1.29, 1.82) is 5.26 Å². The van der Waals surface area contributed by atoms with Gasteiger partial charge in [-0.15, -0.1) is 0 Å². The van der Waals surface area contributed by atoms with Gasteiger partial charge in [0.05, 0.1) is 19.5 Å². The van der Waals surface area contributed by atoms with Crippen molar-refractivity contribution in [3.63, 3.8) is 0 Å². The number of nitrogens with zero attached hydrogens (tertiary/aromatic N) is 1. The first-order valence-electron chi connectivity index (χ1n) is 7.90. The van der Waals surface area contributed by atoms with Crippen molar-refractivity contribution in [1.82, 2.24) is 0 Å². The second-order valence-electron chi connectivity index (χ2n) is 5.46. The van der Waals surface area contributed by atoms with Crippen LogP contribution in [-0.2, 0) is 15.6 Å². The van der Waals surface area contributed by atoms with Crippen LogP contribution >= 0.6 is 23.2 Å². The van der Waals surface area contributed by atoms with Gasteiger partial charge in [-0.1, -0.05) is 35.3 Å². The SMILES string of the molecule is CCOc1ccc(/C=C(\C#N)S(=O)(=O)Cc2ccc(Cl)cc2Cl)cc1OC. The van der Waals surface area contributed by atoms with Crippen molar-refractivity contribution < 1.29 is 17.9 Å². The van der Waals surface area contributed by atoms with Gasteiger partial charge in [-0.25, -0.2) is 8.42 Å². The molecule has 0 saturated carbocycles. The third-order valence-corrected chi connectivity index (χ3v) is 5.75. The summed E-state index contributed by atoms with van der Waals surface area (Å²) in [6, 6.07) is 11.2. The van der Waals surface area contributed by atoms with Crippen molar-refractivity contribution in [3.8, 4) is 17.6 Å². The van der Waals surface area contributed by atoms with E-state index < -0.39 is 15.6 Å². The lowest BCUT2D eigenvalue weighted by Crippen LogP contribution is -2.07. The summed E-state index contributed by atoms with van der Waals surface area (Å²) < 4.78 is 36.0. The Kier molecular flexibility index (Phi) is 7.14. The first-order valence-corrected chi connectivity index (χ1v) is 10.3. The highest BCUT2D eigenvalue weighted by Gasteiger charge is 2.20. The molecule has 0 saturated heterocycles. The third-order valence-electron chi connectivity index (χ3n) is 3.59. The Hall–Kier alpha value is -2.20. The van der Waals surface area contributed by atoms with Gasteiger partial charge in [0.2, 0.25) is 0 Å². The number of halogens is 2. The average Bonchev–Trinajstić information content (AvgIpc) is 2.63. The van der Waals surface area contributed by atoms with Crippen molar-refractivity contribution >= 4 is 39.1 Å². The van der Waals surface area contributed by atoms with Crippen LogP contribution in [0, 0.1) is 11.3 Å². The summed E-state index contributed by atoms with van der Waals surface area (Å²) in [5.74, 6) is 0.573. The molecule has 0 radical (unpaired) electrons. The molecule has 5 nitrogen and oxygen atoms in total. The van der Waals surface area contributed by atoms with Crippen molar-refractivity contribution in [2.24, 2.45) is 0 Å². The van der Waals surface area contributed by atoms with Crippen LogP contribution in [0.5, 0.6) is 11.5 Å². The minimum atomic E-state index is -3.90. The zero-order valence-electron chi connectivity index (χ0n) is 14.7. The maximum absolute atomic E-state index is 12.7. The van der Waals surface area contributed by atoms with Gasteiger partial charge >= 0.3 is 0 Å². The second-order valence-corrected chi connectivity index (χ2v) is 8.26. The molecule has 0 aromatic heterocycles. The molecule has 27 heavy (non-hydrogen) atoms. The molecular formula is C19H17Cl2NO4S. The summed E-state index contributed by atoms with van der Waals surface area (Å²) in [5.41, 5.74) is 0.865. The molecule has 0 amide bonds. The molecule has 0 spiro atoms. The summed E-state index contributed by atoms with van der Waals surface area (Å²) in [6.07, 6.45) is 1.29. The zero-order chi connectivity index (χ0) is 20.0. The van der Waals surface area contributed by atoms with Gasteiger partial charge in [0.1, 0.15) is 11.0 Å². The lowest BCUT2D eigenvalue weighted by atomic mass is 10.2. The van der Waals surface area contributed by atoms with Crippen LogP contribution in [0.25, 0.3) is 6.08 Å². The van der Waals surface area contributed by atoms with E-state index >= 15 is 0 Å². The lowest BCUT2D eigenvalue weighted by molar-refractivity contribution is 0.311. The number of hydrogen-bond donors (Lipinski definition) is 0. The molecule has 142 valence electrons. The smallest absolute Gasteiger partial charge is 0.192 e. The number of nitriles is 1. The highest BCUT2D eigenvalue weighted by Crippen LogP contribution is 2.30. The third kappa shape index (κ3) is 5.39. The highest BCUT2D eigenvalue weighted by molar-refractivity contribution is 7.95. The van der Waals surface area contributed by atoms with E-state index in [1.54, 1.807) is 30.3 Å². The van der Waals surface area contributed by atoms with Crippen LogP contribution in [-0.4, -0.2) is 22.1 Å². The number of hydrogen-bond acceptors (Lipinski definition) is 5. The monoisotopic (exact) mass is 425 g/mol. The Bertz CT molecular complexity index is 1010. The average molecular weight is 426 g/mol. The number of methoxy groups -OCH3 is 1. The van der Waals surface area contributed by atoms with E-state index in [1.807, 2.05) is 6.92 Å².